The zero-order valence-electron chi connectivity index (χ0n) is 11.6. The zero-order chi connectivity index (χ0) is 13.1. The molecule has 0 radical (unpaired) electrons. The monoisotopic (exact) mass is 252 g/mol. The topological polar surface area (TPSA) is 46.5 Å². The number of hydrogen-bond donors (Lipinski definition) is 1. The highest BCUT2D eigenvalue weighted by molar-refractivity contribution is 5.74. The zero-order valence-corrected chi connectivity index (χ0v) is 11.6. The van der Waals surface area contributed by atoms with Crippen LogP contribution in [-0.4, -0.2) is 22.8 Å². The predicted octanol–water partition coefficient (Wildman–Crippen LogP) is 2.37. The summed E-state index contributed by atoms with van der Waals surface area (Å²) in [5.41, 5.74) is -0.761. The van der Waals surface area contributed by atoms with Crippen LogP contribution in [-0.2, 0) is 9.53 Å². The number of esters is 1. The Morgan fingerprint density at radius 3 is 2.39 bits per heavy atom. The summed E-state index contributed by atoms with van der Waals surface area (Å²) in [6, 6.07) is 0. The molecule has 1 aliphatic heterocycles. The predicted molar refractivity (Wildman–Crippen MR) is 67.8 cm³/mol. The van der Waals surface area contributed by atoms with E-state index in [-0.39, 0.29) is 29.8 Å². The van der Waals surface area contributed by atoms with Gasteiger partial charge in [-0.1, -0.05) is 20.8 Å². The minimum atomic E-state index is -0.761. The molecule has 0 bridgehead atoms. The second kappa shape index (κ2) is 3.96. The maximum Gasteiger partial charge on any atom is 0.309 e. The summed E-state index contributed by atoms with van der Waals surface area (Å²) in [5, 5.41) is 11.3. The van der Waals surface area contributed by atoms with Crippen molar-refractivity contribution in [2.24, 2.45) is 29.6 Å². The van der Waals surface area contributed by atoms with Crippen molar-refractivity contribution in [3.8, 4) is 0 Å². The molecule has 1 N–H and O–H groups in total. The second-order valence-corrected chi connectivity index (χ2v) is 6.86. The van der Waals surface area contributed by atoms with Crippen molar-refractivity contribution >= 4 is 5.97 Å². The van der Waals surface area contributed by atoms with Gasteiger partial charge in [0.25, 0.3) is 0 Å². The normalized spacial score (nSPS) is 55.7. The van der Waals surface area contributed by atoms with Crippen LogP contribution in [0.2, 0.25) is 0 Å². The highest BCUT2D eigenvalue weighted by atomic mass is 16.6. The highest BCUT2D eigenvalue weighted by Gasteiger charge is 2.63. The summed E-state index contributed by atoms with van der Waals surface area (Å²) in [6.07, 6.45) is 3.98. The molecule has 0 amide bonds. The smallest absolute Gasteiger partial charge is 0.309 e. The fraction of sp³-hybridized carbons (Fsp3) is 0.933. The first-order chi connectivity index (χ1) is 8.46. The van der Waals surface area contributed by atoms with Gasteiger partial charge in [-0.3, -0.25) is 4.79 Å². The van der Waals surface area contributed by atoms with E-state index in [2.05, 4.69) is 13.8 Å². The van der Waals surface area contributed by atoms with Crippen LogP contribution in [0, 0.1) is 29.6 Å². The van der Waals surface area contributed by atoms with Crippen LogP contribution in [0.1, 0.15) is 46.5 Å². The van der Waals surface area contributed by atoms with E-state index < -0.39 is 5.60 Å². The molecular weight excluding hydrogens is 228 g/mol. The average molecular weight is 252 g/mol. The van der Waals surface area contributed by atoms with Gasteiger partial charge >= 0.3 is 5.97 Å². The van der Waals surface area contributed by atoms with E-state index in [9.17, 15) is 9.90 Å². The molecule has 3 nitrogen and oxygen atoms in total. The Balaban J connectivity index is 2.03. The van der Waals surface area contributed by atoms with Gasteiger partial charge in [-0.15, -0.1) is 0 Å². The molecule has 2 aliphatic carbocycles. The number of aliphatic hydroxyl groups is 1. The summed E-state index contributed by atoms with van der Waals surface area (Å²) in [6.45, 7) is 6.28. The van der Waals surface area contributed by atoms with Crippen molar-refractivity contribution in [1.29, 1.82) is 0 Å². The fourth-order valence-corrected chi connectivity index (χ4v) is 4.85. The molecule has 3 heteroatoms. The van der Waals surface area contributed by atoms with Crippen LogP contribution in [0.5, 0.6) is 0 Å². The lowest BCUT2D eigenvalue weighted by atomic mass is 9.52. The van der Waals surface area contributed by atoms with Crippen LogP contribution in [0.4, 0.5) is 0 Å². The minimum Gasteiger partial charge on any atom is -0.459 e. The van der Waals surface area contributed by atoms with Crippen molar-refractivity contribution in [1.82, 2.24) is 0 Å². The second-order valence-electron chi connectivity index (χ2n) is 6.86. The van der Waals surface area contributed by atoms with Crippen LogP contribution < -0.4 is 0 Å². The summed E-state index contributed by atoms with van der Waals surface area (Å²) < 4.78 is 5.61. The van der Waals surface area contributed by atoms with Crippen molar-refractivity contribution in [2.45, 2.75) is 58.2 Å². The molecule has 2 saturated carbocycles. The van der Waals surface area contributed by atoms with E-state index in [1.54, 1.807) is 0 Å². The number of carbonyl (C=O) groups excluding carboxylic acids is 1. The van der Waals surface area contributed by atoms with Gasteiger partial charge in [0.05, 0.1) is 5.92 Å². The lowest BCUT2D eigenvalue weighted by Gasteiger charge is -2.60. The third-order valence-electron chi connectivity index (χ3n) is 5.93. The van der Waals surface area contributed by atoms with E-state index in [4.69, 9.17) is 4.74 Å². The van der Waals surface area contributed by atoms with Gasteiger partial charge in [0.15, 0.2) is 0 Å². The van der Waals surface area contributed by atoms with E-state index in [1.165, 1.54) is 0 Å². The Kier molecular flexibility index (Phi) is 2.74. The lowest BCUT2D eigenvalue weighted by molar-refractivity contribution is -0.262. The molecule has 3 rings (SSSR count). The maximum absolute atomic E-state index is 12.0. The van der Waals surface area contributed by atoms with Crippen LogP contribution in [0.15, 0.2) is 0 Å². The largest absolute Gasteiger partial charge is 0.459 e. The molecule has 18 heavy (non-hydrogen) atoms. The van der Waals surface area contributed by atoms with Crippen LogP contribution in [0.25, 0.3) is 0 Å². The molecule has 3 aliphatic rings. The molecule has 0 aromatic heterocycles. The third-order valence-corrected chi connectivity index (χ3v) is 5.93. The average Bonchev–Trinajstić information content (AvgIpc) is 2.31. The maximum atomic E-state index is 12.0. The number of rotatable bonds is 0. The van der Waals surface area contributed by atoms with Crippen LogP contribution in [0.3, 0.4) is 0 Å². The van der Waals surface area contributed by atoms with Crippen molar-refractivity contribution in [3.05, 3.63) is 0 Å². The van der Waals surface area contributed by atoms with Gasteiger partial charge in [0.1, 0.15) is 11.7 Å². The Hall–Kier alpha value is -0.570. The standard InChI is InChI=1S/C15H24O3/c1-8-4-7-12-10(3)14(16)18-13-9(2)5-6-11(8)15(12,13)17/h8-13,17H,4-7H2,1-3H3/t8-,9?,10+,11+,12+,13-,15-/m1/s1. The molecule has 102 valence electrons. The number of ether oxygens (including phenoxy) is 1. The molecular formula is C15H24O3. The first-order valence-electron chi connectivity index (χ1n) is 7.39. The molecule has 1 heterocycles. The molecule has 1 unspecified atom stereocenters. The Morgan fingerprint density at radius 1 is 1.06 bits per heavy atom. The summed E-state index contributed by atoms with van der Waals surface area (Å²) in [7, 11) is 0. The minimum absolute atomic E-state index is 0.100. The number of carbonyl (C=O) groups is 1. The fourth-order valence-electron chi connectivity index (χ4n) is 4.85. The molecule has 7 atom stereocenters. The van der Waals surface area contributed by atoms with E-state index >= 15 is 0 Å². The van der Waals surface area contributed by atoms with Gasteiger partial charge in [-0.25, -0.2) is 0 Å². The van der Waals surface area contributed by atoms with E-state index in [0.29, 0.717) is 11.8 Å². The highest BCUT2D eigenvalue weighted by Crippen LogP contribution is 2.56. The molecule has 0 aromatic rings. The van der Waals surface area contributed by atoms with Gasteiger partial charge in [0.2, 0.25) is 0 Å². The molecule has 0 spiro atoms. The van der Waals surface area contributed by atoms with Crippen LogP contribution >= 0.6 is 0 Å². The molecule has 3 fully saturated rings. The van der Waals surface area contributed by atoms with Gasteiger partial charge in [0, 0.05) is 5.92 Å². The Morgan fingerprint density at radius 2 is 1.67 bits per heavy atom. The SMILES string of the molecule is CC1CC[C@H]2[C@H](C)CC[C@H]3[C@H](C)C(=O)O[C@H]1[C@@]23O. The van der Waals surface area contributed by atoms with E-state index in [0.717, 1.165) is 25.7 Å². The van der Waals surface area contributed by atoms with Gasteiger partial charge < -0.3 is 9.84 Å². The van der Waals surface area contributed by atoms with Gasteiger partial charge in [-0.2, -0.15) is 0 Å². The molecule has 1 saturated heterocycles. The summed E-state index contributed by atoms with van der Waals surface area (Å²) in [5.74, 6) is 1.00. The van der Waals surface area contributed by atoms with E-state index in [1.807, 2.05) is 6.92 Å². The van der Waals surface area contributed by atoms with Crippen molar-refractivity contribution in [2.75, 3.05) is 0 Å². The quantitative estimate of drug-likeness (QED) is 0.673. The lowest BCUT2D eigenvalue weighted by Crippen LogP contribution is -2.68. The summed E-state index contributed by atoms with van der Waals surface area (Å²) in [4.78, 5) is 12.0. The first kappa shape index (κ1) is 12.5. The summed E-state index contributed by atoms with van der Waals surface area (Å²) >= 11 is 0. The Labute approximate surface area is 109 Å². The Bertz CT molecular complexity index is 363. The molecule has 0 aromatic carbocycles. The van der Waals surface area contributed by atoms with Crippen molar-refractivity contribution < 1.29 is 14.6 Å². The number of hydrogen-bond acceptors (Lipinski definition) is 3. The van der Waals surface area contributed by atoms with Crippen molar-refractivity contribution in [3.63, 3.8) is 0 Å². The van der Waals surface area contributed by atoms with Gasteiger partial charge in [-0.05, 0) is 43.4 Å². The first-order valence-corrected chi connectivity index (χ1v) is 7.39. The third kappa shape index (κ3) is 1.43.